The van der Waals surface area contributed by atoms with Gasteiger partial charge < -0.3 is 9.88 Å². The van der Waals surface area contributed by atoms with Crippen LogP contribution in [0.5, 0.6) is 0 Å². The quantitative estimate of drug-likeness (QED) is 0.804. The molecule has 3 heterocycles. The molecule has 4 nitrogen and oxygen atoms in total. The van der Waals surface area contributed by atoms with E-state index < -0.39 is 0 Å². The lowest BCUT2D eigenvalue weighted by atomic mass is 10.0. The molecule has 0 saturated carbocycles. The van der Waals surface area contributed by atoms with Crippen molar-refractivity contribution in [3.63, 3.8) is 0 Å². The van der Waals surface area contributed by atoms with Crippen LogP contribution in [0.25, 0.3) is 22.3 Å². The van der Waals surface area contributed by atoms with Crippen LogP contribution in [0.3, 0.4) is 0 Å². The third kappa shape index (κ3) is 2.92. The summed E-state index contributed by atoms with van der Waals surface area (Å²) in [5.74, 6) is -0.214. The number of nitrogens with one attached hydrogen (secondary N) is 1. The van der Waals surface area contributed by atoms with Gasteiger partial charge in [0.15, 0.2) is 0 Å². The fourth-order valence-corrected chi connectivity index (χ4v) is 3.33. The highest BCUT2D eigenvalue weighted by atomic mass is 19.1. The van der Waals surface area contributed by atoms with Crippen LogP contribution in [-0.2, 0) is 6.54 Å². The molecule has 1 saturated heterocycles. The summed E-state index contributed by atoms with van der Waals surface area (Å²) in [4.78, 5) is 12.7. The van der Waals surface area contributed by atoms with Gasteiger partial charge in [-0.15, -0.1) is 0 Å². The van der Waals surface area contributed by atoms with Gasteiger partial charge in [-0.1, -0.05) is 0 Å². The molecular formula is C19H21FN4. The fourth-order valence-electron chi connectivity index (χ4n) is 3.33. The number of hydrogen-bond acceptors (Lipinski definition) is 3. The van der Waals surface area contributed by atoms with Crippen molar-refractivity contribution in [2.45, 2.75) is 6.54 Å². The Labute approximate surface area is 140 Å². The summed E-state index contributed by atoms with van der Waals surface area (Å²) < 4.78 is 13.3. The first kappa shape index (κ1) is 15.3. The lowest BCUT2D eigenvalue weighted by Gasteiger charge is -2.32. The predicted molar refractivity (Wildman–Crippen MR) is 94.3 cm³/mol. The number of aromatic amines is 1. The molecule has 24 heavy (non-hydrogen) atoms. The van der Waals surface area contributed by atoms with Crippen LogP contribution in [0.4, 0.5) is 4.39 Å². The molecule has 1 aromatic carbocycles. The molecule has 0 spiro atoms. The first-order chi connectivity index (χ1) is 11.7. The summed E-state index contributed by atoms with van der Waals surface area (Å²) >= 11 is 0. The molecule has 1 fully saturated rings. The third-order valence-electron chi connectivity index (χ3n) is 4.79. The maximum atomic E-state index is 13.3. The van der Waals surface area contributed by atoms with Crippen molar-refractivity contribution in [2.24, 2.45) is 0 Å². The number of H-pyrrole nitrogens is 1. The maximum absolute atomic E-state index is 13.3. The van der Waals surface area contributed by atoms with Gasteiger partial charge in [-0.25, -0.2) is 9.37 Å². The summed E-state index contributed by atoms with van der Waals surface area (Å²) in [5, 5.41) is 1.15. The lowest BCUT2D eigenvalue weighted by Crippen LogP contribution is -2.43. The molecule has 0 unspecified atom stereocenters. The van der Waals surface area contributed by atoms with E-state index in [1.165, 1.54) is 17.7 Å². The van der Waals surface area contributed by atoms with Crippen molar-refractivity contribution >= 4 is 11.0 Å². The van der Waals surface area contributed by atoms with Gasteiger partial charge in [-0.3, -0.25) is 4.90 Å². The van der Waals surface area contributed by atoms with E-state index in [0.29, 0.717) is 0 Å². The zero-order valence-corrected chi connectivity index (χ0v) is 13.8. The number of fused-ring (bicyclic) bond motifs is 1. The van der Waals surface area contributed by atoms with Crippen molar-refractivity contribution in [1.82, 2.24) is 19.8 Å². The SMILES string of the molecule is CN1CCN(Cc2c(-c3ccc(F)cc3)[nH]c3ncccc23)CC1. The van der Waals surface area contributed by atoms with Crippen molar-refractivity contribution in [3.8, 4) is 11.3 Å². The molecule has 1 aliphatic rings. The van der Waals surface area contributed by atoms with Gasteiger partial charge in [0, 0.05) is 49.9 Å². The summed E-state index contributed by atoms with van der Waals surface area (Å²) in [6.45, 7) is 5.18. The number of nitrogens with zero attached hydrogens (tertiary/aromatic N) is 3. The van der Waals surface area contributed by atoms with Gasteiger partial charge in [0.1, 0.15) is 11.5 Å². The number of pyridine rings is 1. The summed E-state index contributed by atoms with van der Waals surface area (Å²) in [5.41, 5.74) is 4.18. The van der Waals surface area contributed by atoms with E-state index >= 15 is 0 Å². The van der Waals surface area contributed by atoms with E-state index in [1.807, 2.05) is 18.2 Å². The third-order valence-corrected chi connectivity index (χ3v) is 4.79. The monoisotopic (exact) mass is 324 g/mol. The molecule has 0 radical (unpaired) electrons. The van der Waals surface area contributed by atoms with Gasteiger partial charge in [-0.2, -0.15) is 0 Å². The van der Waals surface area contributed by atoms with Gasteiger partial charge in [0.2, 0.25) is 0 Å². The Bertz CT molecular complexity index is 832. The molecular weight excluding hydrogens is 303 g/mol. The molecule has 1 aliphatic heterocycles. The standard InChI is InChI=1S/C19H21FN4/c1-23-9-11-24(12-10-23)13-17-16-3-2-8-21-19(16)22-18(17)14-4-6-15(20)7-5-14/h2-8H,9-13H2,1H3,(H,21,22). The molecule has 1 N–H and O–H groups in total. The highest BCUT2D eigenvalue weighted by molar-refractivity contribution is 5.88. The number of halogens is 1. The Balaban J connectivity index is 1.74. The lowest BCUT2D eigenvalue weighted by molar-refractivity contribution is 0.148. The molecule has 124 valence electrons. The van der Waals surface area contributed by atoms with E-state index in [1.54, 1.807) is 6.20 Å². The minimum atomic E-state index is -0.214. The number of aromatic nitrogens is 2. The number of likely N-dealkylation sites (N-methyl/N-ethyl adjacent to an activating group) is 1. The van der Waals surface area contributed by atoms with E-state index in [4.69, 9.17) is 0 Å². The van der Waals surface area contributed by atoms with Gasteiger partial charge in [0.05, 0.1) is 5.69 Å². The van der Waals surface area contributed by atoms with Crippen LogP contribution in [-0.4, -0.2) is 53.0 Å². The summed E-state index contributed by atoms with van der Waals surface area (Å²) in [7, 11) is 2.16. The Kier molecular flexibility index (Phi) is 4.04. The molecule has 2 aromatic heterocycles. The van der Waals surface area contributed by atoms with Crippen LogP contribution in [0, 0.1) is 5.82 Å². The Morgan fingerprint density at radius 3 is 2.58 bits per heavy atom. The zero-order valence-electron chi connectivity index (χ0n) is 13.8. The molecule has 0 bridgehead atoms. The number of hydrogen-bond donors (Lipinski definition) is 1. The predicted octanol–water partition coefficient (Wildman–Crippen LogP) is 3.12. The first-order valence-corrected chi connectivity index (χ1v) is 8.33. The van der Waals surface area contributed by atoms with Crippen molar-refractivity contribution in [3.05, 3.63) is 54.0 Å². The van der Waals surface area contributed by atoms with E-state index in [0.717, 1.165) is 55.0 Å². The maximum Gasteiger partial charge on any atom is 0.138 e. The average Bonchev–Trinajstić information content (AvgIpc) is 2.96. The normalized spacial score (nSPS) is 16.8. The van der Waals surface area contributed by atoms with Crippen LogP contribution in [0.2, 0.25) is 0 Å². The van der Waals surface area contributed by atoms with Gasteiger partial charge in [-0.05, 0) is 49.0 Å². The van der Waals surface area contributed by atoms with Crippen LogP contribution in [0.15, 0.2) is 42.6 Å². The topological polar surface area (TPSA) is 35.2 Å². The van der Waals surface area contributed by atoms with E-state index in [-0.39, 0.29) is 5.82 Å². The number of rotatable bonds is 3. The highest BCUT2D eigenvalue weighted by Gasteiger charge is 2.19. The largest absolute Gasteiger partial charge is 0.339 e. The average molecular weight is 324 g/mol. The second-order valence-electron chi connectivity index (χ2n) is 6.46. The molecule has 0 amide bonds. The van der Waals surface area contributed by atoms with Crippen molar-refractivity contribution < 1.29 is 4.39 Å². The van der Waals surface area contributed by atoms with Crippen LogP contribution < -0.4 is 0 Å². The van der Waals surface area contributed by atoms with Gasteiger partial charge in [0.25, 0.3) is 0 Å². The number of benzene rings is 1. The highest BCUT2D eigenvalue weighted by Crippen LogP contribution is 2.30. The number of piperazine rings is 1. The Morgan fingerprint density at radius 2 is 1.83 bits per heavy atom. The van der Waals surface area contributed by atoms with Crippen molar-refractivity contribution in [2.75, 3.05) is 33.2 Å². The zero-order chi connectivity index (χ0) is 16.5. The minimum absolute atomic E-state index is 0.214. The molecule has 0 aliphatic carbocycles. The van der Waals surface area contributed by atoms with Gasteiger partial charge >= 0.3 is 0 Å². The van der Waals surface area contributed by atoms with Crippen LogP contribution >= 0.6 is 0 Å². The van der Waals surface area contributed by atoms with E-state index in [2.05, 4.69) is 32.9 Å². The molecule has 0 atom stereocenters. The Morgan fingerprint density at radius 1 is 1.08 bits per heavy atom. The fraction of sp³-hybridized carbons (Fsp3) is 0.316. The summed E-state index contributed by atoms with van der Waals surface area (Å²) in [6.07, 6.45) is 1.80. The summed E-state index contributed by atoms with van der Waals surface area (Å²) in [6, 6.07) is 10.7. The molecule has 4 rings (SSSR count). The molecule has 3 aromatic rings. The minimum Gasteiger partial charge on any atom is -0.339 e. The Hall–Kier alpha value is -2.24. The molecule has 5 heteroatoms. The smallest absolute Gasteiger partial charge is 0.138 e. The second kappa shape index (κ2) is 6.34. The second-order valence-corrected chi connectivity index (χ2v) is 6.46. The van der Waals surface area contributed by atoms with Crippen LogP contribution in [0.1, 0.15) is 5.56 Å². The first-order valence-electron chi connectivity index (χ1n) is 8.33. The van der Waals surface area contributed by atoms with E-state index in [9.17, 15) is 4.39 Å². The van der Waals surface area contributed by atoms with Crippen molar-refractivity contribution in [1.29, 1.82) is 0 Å².